The third-order valence-corrected chi connectivity index (χ3v) is 5.59. The van der Waals surface area contributed by atoms with Crippen LogP contribution in [0.3, 0.4) is 0 Å². The highest BCUT2D eigenvalue weighted by Gasteiger charge is 2.28. The van der Waals surface area contributed by atoms with E-state index in [4.69, 9.17) is 4.74 Å². The van der Waals surface area contributed by atoms with Crippen molar-refractivity contribution in [2.24, 2.45) is 0 Å². The van der Waals surface area contributed by atoms with E-state index in [1.807, 2.05) is 30.0 Å². The molecule has 0 saturated carbocycles. The van der Waals surface area contributed by atoms with Crippen molar-refractivity contribution in [3.63, 3.8) is 0 Å². The number of nitrogens with one attached hydrogen (secondary N) is 1. The highest BCUT2D eigenvalue weighted by atomic mass is 16.5. The van der Waals surface area contributed by atoms with E-state index in [-0.39, 0.29) is 11.9 Å². The van der Waals surface area contributed by atoms with Gasteiger partial charge in [-0.2, -0.15) is 0 Å². The molecule has 0 radical (unpaired) electrons. The molecule has 1 heterocycles. The first-order chi connectivity index (χ1) is 14.6. The third kappa shape index (κ3) is 5.92. The summed E-state index contributed by atoms with van der Waals surface area (Å²) in [7, 11) is 0. The second kappa shape index (κ2) is 10.9. The Morgan fingerprint density at radius 3 is 2.27 bits per heavy atom. The highest BCUT2D eigenvalue weighted by molar-refractivity contribution is 5.83. The summed E-state index contributed by atoms with van der Waals surface area (Å²) in [6.45, 7) is 5.58. The van der Waals surface area contributed by atoms with Crippen LogP contribution >= 0.6 is 0 Å². The molecule has 2 aromatic rings. The van der Waals surface area contributed by atoms with Gasteiger partial charge in [0, 0.05) is 13.1 Å². The number of benzene rings is 2. The fourth-order valence-electron chi connectivity index (χ4n) is 3.90. The first kappa shape index (κ1) is 22.0. The molecule has 0 aliphatic carbocycles. The van der Waals surface area contributed by atoms with Crippen LogP contribution < -0.4 is 5.32 Å². The van der Waals surface area contributed by atoms with Gasteiger partial charge in [-0.15, -0.1) is 0 Å². The average Bonchev–Trinajstić information content (AvgIpc) is 3.32. The molecular weight excluding hydrogens is 376 g/mol. The number of hydrogen-bond donors (Lipinski definition) is 1. The molecule has 160 valence electrons. The largest absolute Gasteiger partial charge is 0.465 e. The van der Waals surface area contributed by atoms with Gasteiger partial charge in [0.25, 0.3) is 0 Å². The zero-order valence-electron chi connectivity index (χ0n) is 18.0. The minimum absolute atomic E-state index is 0.0639. The van der Waals surface area contributed by atoms with Gasteiger partial charge < -0.3 is 9.64 Å². The Hall–Kier alpha value is -2.66. The Morgan fingerprint density at radius 2 is 1.63 bits per heavy atom. The number of carbonyl (C=O) groups is 2. The van der Waals surface area contributed by atoms with Gasteiger partial charge in [-0.3, -0.25) is 14.9 Å². The Morgan fingerprint density at radius 1 is 1.00 bits per heavy atom. The molecule has 2 atom stereocenters. The van der Waals surface area contributed by atoms with Crippen LogP contribution in [-0.2, 0) is 20.7 Å². The zero-order chi connectivity index (χ0) is 21.3. The van der Waals surface area contributed by atoms with Crippen LogP contribution in [0.2, 0.25) is 0 Å². The number of ether oxygens (including phenoxy) is 1. The normalized spacial score (nSPS) is 15.6. The predicted molar refractivity (Wildman–Crippen MR) is 119 cm³/mol. The summed E-state index contributed by atoms with van der Waals surface area (Å²) in [6, 6.07) is 17.8. The van der Waals surface area contributed by atoms with E-state index in [9.17, 15) is 9.59 Å². The molecule has 1 N–H and O–H groups in total. The molecular formula is C25H32N2O3. The molecule has 0 unspecified atom stereocenters. The number of rotatable bonds is 9. The molecule has 5 heteroatoms. The topological polar surface area (TPSA) is 58.6 Å². The summed E-state index contributed by atoms with van der Waals surface area (Å²) in [4.78, 5) is 27.0. The molecule has 1 saturated heterocycles. The predicted octanol–water partition coefficient (Wildman–Crippen LogP) is 3.82. The fraction of sp³-hybridized carbons (Fsp3) is 0.440. The van der Waals surface area contributed by atoms with Gasteiger partial charge in [0.1, 0.15) is 6.04 Å². The molecule has 2 aromatic carbocycles. The summed E-state index contributed by atoms with van der Waals surface area (Å²) in [5.74, 6) is -0.228. The van der Waals surface area contributed by atoms with Crippen molar-refractivity contribution >= 4 is 11.9 Å². The second-order valence-electron chi connectivity index (χ2n) is 7.83. The van der Waals surface area contributed by atoms with Gasteiger partial charge in [-0.25, -0.2) is 0 Å². The van der Waals surface area contributed by atoms with E-state index in [1.54, 1.807) is 6.92 Å². The van der Waals surface area contributed by atoms with Crippen molar-refractivity contribution in [2.75, 3.05) is 19.7 Å². The molecule has 0 spiro atoms. The molecule has 1 fully saturated rings. The van der Waals surface area contributed by atoms with Gasteiger partial charge in [-0.05, 0) is 56.2 Å². The van der Waals surface area contributed by atoms with Crippen LogP contribution in [0.15, 0.2) is 54.6 Å². The maximum atomic E-state index is 12.6. The van der Waals surface area contributed by atoms with Crippen molar-refractivity contribution in [1.82, 2.24) is 10.2 Å². The Balaban J connectivity index is 1.60. The van der Waals surface area contributed by atoms with Crippen LogP contribution in [-0.4, -0.2) is 48.6 Å². The first-order valence-electron chi connectivity index (χ1n) is 10.9. The number of likely N-dealkylation sites (tertiary alicyclic amines) is 1. The van der Waals surface area contributed by atoms with Gasteiger partial charge in [-0.1, -0.05) is 54.6 Å². The molecule has 30 heavy (non-hydrogen) atoms. The van der Waals surface area contributed by atoms with Crippen LogP contribution in [0.25, 0.3) is 11.1 Å². The summed E-state index contributed by atoms with van der Waals surface area (Å²) in [6.07, 6.45) is 3.43. The number of aryl methyl sites for hydroxylation is 1. The van der Waals surface area contributed by atoms with Crippen molar-refractivity contribution in [3.05, 3.63) is 60.2 Å². The number of nitrogens with zero attached hydrogens (tertiary/aromatic N) is 1. The number of esters is 1. The lowest BCUT2D eigenvalue weighted by atomic mass is 10.0. The Labute approximate surface area is 179 Å². The monoisotopic (exact) mass is 408 g/mol. The zero-order valence-corrected chi connectivity index (χ0v) is 18.0. The van der Waals surface area contributed by atoms with Gasteiger partial charge in [0.15, 0.2) is 0 Å². The molecule has 3 rings (SSSR count). The van der Waals surface area contributed by atoms with Crippen LogP contribution in [0, 0.1) is 0 Å². The van der Waals surface area contributed by atoms with Crippen molar-refractivity contribution in [2.45, 2.75) is 51.6 Å². The SMILES string of the molecule is CCOC(=O)[C@H](CCc1ccc(-c2ccccc2)cc1)N[C@@H](C)C(=O)N1CCCC1. The van der Waals surface area contributed by atoms with Crippen LogP contribution in [0.4, 0.5) is 0 Å². The highest BCUT2D eigenvalue weighted by Crippen LogP contribution is 2.20. The van der Waals surface area contributed by atoms with Gasteiger partial charge in [0.05, 0.1) is 12.6 Å². The second-order valence-corrected chi connectivity index (χ2v) is 7.83. The van der Waals surface area contributed by atoms with Crippen LogP contribution in [0.1, 0.15) is 38.7 Å². The Kier molecular flexibility index (Phi) is 8.03. The minimum Gasteiger partial charge on any atom is -0.465 e. The fourth-order valence-corrected chi connectivity index (χ4v) is 3.90. The van der Waals surface area contributed by atoms with E-state index < -0.39 is 12.1 Å². The quantitative estimate of drug-likeness (QED) is 0.641. The Bertz CT molecular complexity index is 814. The molecule has 1 aliphatic heterocycles. The molecule has 1 aliphatic rings. The lowest BCUT2D eigenvalue weighted by Gasteiger charge is -2.25. The summed E-state index contributed by atoms with van der Waals surface area (Å²) in [5.41, 5.74) is 3.51. The van der Waals surface area contributed by atoms with E-state index in [2.05, 4.69) is 41.7 Å². The number of amides is 1. The minimum atomic E-state index is -0.500. The van der Waals surface area contributed by atoms with E-state index in [0.29, 0.717) is 13.0 Å². The molecule has 0 aromatic heterocycles. The third-order valence-electron chi connectivity index (χ3n) is 5.59. The number of hydrogen-bond acceptors (Lipinski definition) is 4. The maximum Gasteiger partial charge on any atom is 0.323 e. The summed E-state index contributed by atoms with van der Waals surface area (Å²) >= 11 is 0. The van der Waals surface area contributed by atoms with Crippen molar-refractivity contribution in [3.8, 4) is 11.1 Å². The van der Waals surface area contributed by atoms with E-state index in [0.717, 1.165) is 37.9 Å². The standard InChI is InChI=1S/C25H32N2O3/c1-3-30-25(29)23(26-19(2)24(28)27-17-7-8-18-27)16-13-20-11-14-22(15-12-20)21-9-5-4-6-10-21/h4-6,9-12,14-15,19,23,26H,3,7-8,13,16-18H2,1-2H3/t19-,23-/m0/s1. The van der Waals surface area contributed by atoms with Gasteiger partial charge in [0.2, 0.25) is 5.91 Å². The lowest BCUT2D eigenvalue weighted by molar-refractivity contribution is -0.146. The average molecular weight is 409 g/mol. The number of carbonyl (C=O) groups excluding carboxylic acids is 2. The lowest BCUT2D eigenvalue weighted by Crippen LogP contribution is -2.50. The van der Waals surface area contributed by atoms with Crippen molar-refractivity contribution < 1.29 is 14.3 Å². The van der Waals surface area contributed by atoms with Crippen molar-refractivity contribution in [1.29, 1.82) is 0 Å². The molecule has 5 nitrogen and oxygen atoms in total. The van der Waals surface area contributed by atoms with E-state index in [1.165, 1.54) is 11.1 Å². The first-order valence-corrected chi connectivity index (χ1v) is 10.9. The smallest absolute Gasteiger partial charge is 0.323 e. The van der Waals surface area contributed by atoms with Crippen LogP contribution in [0.5, 0.6) is 0 Å². The summed E-state index contributed by atoms with van der Waals surface area (Å²) in [5, 5.41) is 3.22. The maximum absolute atomic E-state index is 12.6. The summed E-state index contributed by atoms with van der Waals surface area (Å²) < 4.78 is 5.25. The molecule has 1 amide bonds. The molecule has 0 bridgehead atoms. The van der Waals surface area contributed by atoms with E-state index >= 15 is 0 Å². The van der Waals surface area contributed by atoms with Gasteiger partial charge >= 0.3 is 5.97 Å².